The van der Waals surface area contributed by atoms with Crippen LogP contribution >= 0.6 is 24.0 Å². The van der Waals surface area contributed by atoms with Crippen molar-refractivity contribution in [1.82, 2.24) is 10.2 Å². The number of rotatable bonds is 8. The van der Waals surface area contributed by atoms with Crippen LogP contribution in [0.2, 0.25) is 0 Å². The quantitative estimate of drug-likeness (QED) is 0.330. The number of hydrogen-bond donors (Lipinski definition) is 1. The Morgan fingerprint density at radius 2 is 1.55 bits per heavy atom. The van der Waals surface area contributed by atoms with Crippen LogP contribution in [-0.4, -0.2) is 52.8 Å². The van der Waals surface area contributed by atoms with E-state index in [1.165, 1.54) is 11.1 Å². The highest BCUT2D eigenvalue weighted by atomic mass is 127. The lowest BCUT2D eigenvalue weighted by Crippen LogP contribution is -2.39. The molecular formula is C22H32IN3O3. The molecule has 7 heteroatoms. The standard InChI is InChI=1S/C22H31N3O3.HI/c1-16-13-18(8-9-19(16)26-4)15-24-22(23-2)25(3)12-11-17-7-10-20(27-5)21(14-17)28-6;/h7-10,13-14H,11-12,15H2,1-6H3,(H,23,24);1H. The minimum absolute atomic E-state index is 0. The van der Waals surface area contributed by atoms with Crippen LogP contribution in [0.25, 0.3) is 0 Å². The number of ether oxygens (including phenoxy) is 3. The highest BCUT2D eigenvalue weighted by Gasteiger charge is 2.09. The predicted octanol–water partition coefficient (Wildman–Crippen LogP) is 3.89. The molecule has 2 aromatic rings. The third-order valence-corrected chi connectivity index (χ3v) is 4.67. The third-order valence-electron chi connectivity index (χ3n) is 4.67. The maximum absolute atomic E-state index is 5.38. The molecule has 0 spiro atoms. The molecule has 2 rings (SSSR count). The van der Waals surface area contributed by atoms with Gasteiger partial charge >= 0.3 is 0 Å². The zero-order valence-electron chi connectivity index (χ0n) is 18.1. The van der Waals surface area contributed by atoms with E-state index >= 15 is 0 Å². The van der Waals surface area contributed by atoms with E-state index in [-0.39, 0.29) is 24.0 Å². The van der Waals surface area contributed by atoms with Gasteiger partial charge in [-0.3, -0.25) is 4.99 Å². The molecule has 0 aromatic heterocycles. The van der Waals surface area contributed by atoms with Crippen molar-refractivity contribution in [3.05, 3.63) is 53.1 Å². The fraction of sp³-hybridized carbons (Fsp3) is 0.409. The molecule has 1 N–H and O–H groups in total. The average Bonchev–Trinajstić information content (AvgIpc) is 2.72. The number of aryl methyl sites for hydroxylation is 1. The van der Waals surface area contributed by atoms with Crippen molar-refractivity contribution in [3.8, 4) is 17.2 Å². The van der Waals surface area contributed by atoms with Crippen LogP contribution in [0.1, 0.15) is 16.7 Å². The van der Waals surface area contributed by atoms with Gasteiger partial charge in [-0.2, -0.15) is 0 Å². The molecule has 0 aliphatic heterocycles. The molecule has 6 nitrogen and oxygen atoms in total. The average molecular weight is 513 g/mol. The van der Waals surface area contributed by atoms with Crippen molar-refractivity contribution in [3.63, 3.8) is 0 Å². The van der Waals surface area contributed by atoms with Gasteiger partial charge in [0.1, 0.15) is 5.75 Å². The summed E-state index contributed by atoms with van der Waals surface area (Å²) in [6.45, 7) is 3.58. The fourth-order valence-electron chi connectivity index (χ4n) is 3.06. The minimum atomic E-state index is 0. The van der Waals surface area contributed by atoms with Gasteiger partial charge in [0.2, 0.25) is 0 Å². The number of benzene rings is 2. The summed E-state index contributed by atoms with van der Waals surface area (Å²) in [7, 11) is 8.82. The molecular weight excluding hydrogens is 481 g/mol. The van der Waals surface area contributed by atoms with E-state index in [2.05, 4.69) is 33.4 Å². The van der Waals surface area contributed by atoms with Gasteiger partial charge < -0.3 is 24.4 Å². The molecule has 0 saturated heterocycles. The highest BCUT2D eigenvalue weighted by Crippen LogP contribution is 2.27. The Labute approximate surface area is 191 Å². The molecule has 0 aliphatic carbocycles. The maximum Gasteiger partial charge on any atom is 0.193 e. The second kappa shape index (κ2) is 12.4. The van der Waals surface area contributed by atoms with Crippen molar-refractivity contribution in [1.29, 1.82) is 0 Å². The first-order chi connectivity index (χ1) is 13.5. The van der Waals surface area contributed by atoms with Crippen LogP contribution in [0.4, 0.5) is 0 Å². The van der Waals surface area contributed by atoms with Crippen LogP contribution in [0.15, 0.2) is 41.4 Å². The van der Waals surface area contributed by atoms with Crippen LogP contribution in [0.5, 0.6) is 17.2 Å². The Bertz CT molecular complexity index is 812. The lowest BCUT2D eigenvalue weighted by Gasteiger charge is -2.22. The normalized spacial score (nSPS) is 10.8. The summed E-state index contributed by atoms with van der Waals surface area (Å²) < 4.78 is 16.0. The molecule has 29 heavy (non-hydrogen) atoms. The molecule has 0 fully saturated rings. The molecule has 2 aromatic carbocycles. The van der Waals surface area contributed by atoms with Crippen molar-refractivity contribution in [2.75, 3.05) is 42.0 Å². The third kappa shape index (κ3) is 6.99. The van der Waals surface area contributed by atoms with Gasteiger partial charge in [-0.05, 0) is 48.2 Å². The van der Waals surface area contributed by atoms with Crippen molar-refractivity contribution in [2.45, 2.75) is 19.9 Å². The Balaban J connectivity index is 0.00000420. The van der Waals surface area contributed by atoms with E-state index in [0.717, 1.165) is 41.7 Å². The molecule has 0 atom stereocenters. The van der Waals surface area contributed by atoms with Crippen LogP contribution in [0, 0.1) is 6.92 Å². The van der Waals surface area contributed by atoms with Crippen LogP contribution in [0.3, 0.4) is 0 Å². The first-order valence-electron chi connectivity index (χ1n) is 9.28. The van der Waals surface area contributed by atoms with Gasteiger partial charge in [0.15, 0.2) is 17.5 Å². The van der Waals surface area contributed by atoms with Crippen LogP contribution in [-0.2, 0) is 13.0 Å². The topological polar surface area (TPSA) is 55.3 Å². The summed E-state index contributed by atoms with van der Waals surface area (Å²) >= 11 is 0. The molecule has 0 saturated carbocycles. The van der Waals surface area contributed by atoms with Crippen molar-refractivity contribution in [2.24, 2.45) is 4.99 Å². The lowest BCUT2D eigenvalue weighted by molar-refractivity contribution is 0.354. The molecule has 0 amide bonds. The lowest BCUT2D eigenvalue weighted by atomic mass is 10.1. The highest BCUT2D eigenvalue weighted by molar-refractivity contribution is 14.0. The molecule has 0 radical (unpaired) electrons. The SMILES string of the molecule is CN=C(NCc1ccc(OC)c(C)c1)N(C)CCc1ccc(OC)c(OC)c1.I. The molecule has 0 bridgehead atoms. The number of guanidine groups is 1. The molecule has 0 aliphatic rings. The van der Waals surface area contributed by atoms with E-state index in [0.29, 0.717) is 6.54 Å². The van der Waals surface area contributed by atoms with Crippen molar-refractivity contribution < 1.29 is 14.2 Å². The number of nitrogens with zero attached hydrogens (tertiary/aromatic N) is 2. The van der Waals surface area contributed by atoms with Crippen LogP contribution < -0.4 is 19.5 Å². The molecule has 0 unspecified atom stereocenters. The second-order valence-corrected chi connectivity index (χ2v) is 6.57. The zero-order chi connectivity index (χ0) is 20.5. The second-order valence-electron chi connectivity index (χ2n) is 6.57. The maximum atomic E-state index is 5.38. The van der Waals surface area contributed by atoms with E-state index in [4.69, 9.17) is 14.2 Å². The van der Waals surface area contributed by atoms with Gasteiger partial charge in [-0.1, -0.05) is 18.2 Å². The summed E-state index contributed by atoms with van der Waals surface area (Å²) in [5.41, 5.74) is 3.50. The number of aliphatic imine (C=N–C) groups is 1. The number of halogens is 1. The molecule has 160 valence electrons. The van der Waals surface area contributed by atoms with Gasteiger partial charge in [0.25, 0.3) is 0 Å². The first-order valence-corrected chi connectivity index (χ1v) is 9.28. The van der Waals surface area contributed by atoms with Gasteiger partial charge in [0, 0.05) is 27.2 Å². The van der Waals surface area contributed by atoms with E-state index < -0.39 is 0 Å². The largest absolute Gasteiger partial charge is 0.496 e. The summed E-state index contributed by atoms with van der Waals surface area (Å²) in [4.78, 5) is 6.51. The van der Waals surface area contributed by atoms with Gasteiger partial charge in [0.05, 0.1) is 21.3 Å². The Morgan fingerprint density at radius 1 is 0.931 bits per heavy atom. The minimum Gasteiger partial charge on any atom is -0.496 e. The van der Waals surface area contributed by atoms with E-state index in [9.17, 15) is 0 Å². The predicted molar refractivity (Wildman–Crippen MR) is 129 cm³/mol. The van der Waals surface area contributed by atoms with E-state index in [1.807, 2.05) is 32.2 Å². The number of nitrogens with one attached hydrogen (secondary N) is 1. The van der Waals surface area contributed by atoms with Gasteiger partial charge in [-0.25, -0.2) is 0 Å². The fourth-order valence-corrected chi connectivity index (χ4v) is 3.06. The monoisotopic (exact) mass is 513 g/mol. The summed E-state index contributed by atoms with van der Waals surface area (Å²) in [5, 5.41) is 3.42. The zero-order valence-corrected chi connectivity index (χ0v) is 20.4. The van der Waals surface area contributed by atoms with Crippen molar-refractivity contribution >= 4 is 29.9 Å². The summed E-state index contributed by atoms with van der Waals surface area (Å²) in [5.74, 6) is 3.25. The summed E-state index contributed by atoms with van der Waals surface area (Å²) in [6, 6.07) is 12.2. The Hall–Kier alpha value is -2.16. The number of hydrogen-bond acceptors (Lipinski definition) is 4. The number of likely N-dealkylation sites (N-methyl/N-ethyl adjacent to an activating group) is 1. The van der Waals surface area contributed by atoms with Gasteiger partial charge in [-0.15, -0.1) is 24.0 Å². The summed E-state index contributed by atoms with van der Waals surface area (Å²) in [6.07, 6.45) is 0.874. The smallest absolute Gasteiger partial charge is 0.193 e. The first kappa shape index (κ1) is 24.9. The molecule has 0 heterocycles. The Morgan fingerprint density at radius 3 is 2.14 bits per heavy atom. The van der Waals surface area contributed by atoms with E-state index in [1.54, 1.807) is 28.4 Å². The number of methoxy groups -OCH3 is 3. The Kier molecular flexibility index (Phi) is 10.6.